The van der Waals surface area contributed by atoms with Gasteiger partial charge >= 0.3 is 8.25 Å². The van der Waals surface area contributed by atoms with Gasteiger partial charge < -0.3 is 11.5 Å². The molecular formula is C3H11N5NaO3P+. The summed E-state index contributed by atoms with van der Waals surface area (Å²) in [6.07, 6.45) is -1.23. The Morgan fingerprint density at radius 2 is 1.69 bits per heavy atom. The van der Waals surface area contributed by atoms with E-state index in [4.69, 9.17) is 28.7 Å². The van der Waals surface area contributed by atoms with Crippen LogP contribution in [0.1, 0.15) is 0 Å². The van der Waals surface area contributed by atoms with E-state index in [-0.39, 0.29) is 29.6 Å². The van der Waals surface area contributed by atoms with Crippen molar-refractivity contribution < 1.29 is 13.6 Å². The van der Waals surface area contributed by atoms with Crippen LogP contribution in [0, 0.1) is 0 Å². The molecular weight excluding hydrogens is 208 g/mol. The molecule has 0 aromatic heterocycles. The molecule has 1 radical (unpaired) electrons. The fraction of sp³-hybridized carbons (Fsp3) is 1.00. The van der Waals surface area contributed by atoms with Gasteiger partial charge in [-0.2, -0.15) is 0 Å². The van der Waals surface area contributed by atoms with Gasteiger partial charge in [-0.15, -0.1) is 0 Å². The third kappa shape index (κ3) is 2.44. The van der Waals surface area contributed by atoms with Crippen LogP contribution in [0.25, 0.3) is 0 Å². The number of hydrogen-bond donors (Lipinski definition) is 5. The summed E-state index contributed by atoms with van der Waals surface area (Å²) in [6.45, 7) is 0. The first-order valence-electron chi connectivity index (χ1n) is 3.01. The van der Waals surface area contributed by atoms with Gasteiger partial charge in [-0.05, 0) is 0 Å². The normalized spacial score (nSPS) is 33.6. The minimum absolute atomic E-state index is 0. The Hall–Kier alpha value is 0.820. The van der Waals surface area contributed by atoms with Crippen molar-refractivity contribution in [3.05, 3.63) is 0 Å². The third-order valence-corrected chi connectivity index (χ3v) is 2.42. The summed E-state index contributed by atoms with van der Waals surface area (Å²) in [5, 5.41) is 0. The van der Waals surface area contributed by atoms with E-state index in [0.29, 0.717) is 0 Å². The minimum atomic E-state index is -2.46. The molecule has 1 aliphatic heterocycles. The Bertz CT molecular complexity index is 223. The van der Waals surface area contributed by atoms with E-state index in [9.17, 15) is 4.57 Å². The smallest absolute Gasteiger partial charge is 0.305 e. The van der Waals surface area contributed by atoms with Crippen molar-refractivity contribution in [1.29, 1.82) is 0 Å². The molecule has 1 saturated heterocycles. The monoisotopic (exact) mass is 219 g/mol. The second kappa shape index (κ2) is 4.13. The molecule has 0 spiro atoms. The molecule has 1 heterocycles. The minimum Gasteiger partial charge on any atom is -0.305 e. The number of hydrogen-bond acceptors (Lipinski definition) is 8. The Labute approximate surface area is 97.7 Å². The Balaban J connectivity index is 0.00000144. The fourth-order valence-corrected chi connectivity index (χ4v) is 1.43. The maximum atomic E-state index is 10.7. The van der Waals surface area contributed by atoms with E-state index in [2.05, 4.69) is 9.05 Å². The van der Waals surface area contributed by atoms with Crippen LogP contribution in [0.2, 0.25) is 0 Å². The summed E-state index contributed by atoms with van der Waals surface area (Å²) >= 11 is 0. The standard InChI is InChI=1S/C3H11N5O3P.Na/c4-1-2(5,6)3(7,8)11-12(9)10-1;/h1H,4-8H2;/q+1;. The molecule has 1 aliphatic rings. The SMILES string of the molecule is NC1O[P+](=O)OC(N)(N)C1(N)N.[Na]. The first-order valence-corrected chi connectivity index (χ1v) is 4.11. The van der Waals surface area contributed by atoms with Crippen LogP contribution < -0.4 is 28.7 Å². The van der Waals surface area contributed by atoms with Gasteiger partial charge in [0.2, 0.25) is 6.23 Å². The Morgan fingerprint density at radius 3 is 2.08 bits per heavy atom. The second-order valence-electron chi connectivity index (χ2n) is 2.57. The molecule has 10 heteroatoms. The van der Waals surface area contributed by atoms with Crippen LogP contribution in [0.5, 0.6) is 0 Å². The first-order chi connectivity index (χ1) is 5.27. The predicted octanol–water partition coefficient (Wildman–Crippen LogP) is -3.22. The summed E-state index contributed by atoms with van der Waals surface area (Å²) in [4.78, 5) is 0. The molecule has 0 saturated carbocycles. The molecule has 1 rings (SSSR count). The van der Waals surface area contributed by atoms with Crippen LogP contribution >= 0.6 is 8.25 Å². The summed E-state index contributed by atoms with van der Waals surface area (Å²) in [7, 11) is -2.46. The molecule has 0 bridgehead atoms. The average molecular weight is 219 g/mol. The van der Waals surface area contributed by atoms with Crippen LogP contribution in [0.4, 0.5) is 0 Å². The van der Waals surface area contributed by atoms with E-state index < -0.39 is 26.0 Å². The number of rotatable bonds is 0. The van der Waals surface area contributed by atoms with Gasteiger partial charge in [-0.25, -0.2) is 0 Å². The van der Waals surface area contributed by atoms with E-state index >= 15 is 0 Å². The second-order valence-corrected chi connectivity index (χ2v) is 3.41. The van der Waals surface area contributed by atoms with Crippen molar-refractivity contribution in [1.82, 2.24) is 0 Å². The topological polar surface area (TPSA) is 166 Å². The van der Waals surface area contributed by atoms with Gasteiger partial charge in [0.15, 0.2) is 5.66 Å². The Morgan fingerprint density at radius 1 is 1.23 bits per heavy atom. The molecule has 10 N–H and O–H groups in total. The maximum Gasteiger partial charge on any atom is 0.702 e. The van der Waals surface area contributed by atoms with Crippen LogP contribution in [0.3, 0.4) is 0 Å². The van der Waals surface area contributed by atoms with E-state index in [1.807, 2.05) is 0 Å². The van der Waals surface area contributed by atoms with Gasteiger partial charge in [0.05, 0.1) is 0 Å². The largest absolute Gasteiger partial charge is 0.702 e. The first kappa shape index (κ1) is 13.8. The van der Waals surface area contributed by atoms with Crippen molar-refractivity contribution in [3.8, 4) is 0 Å². The maximum absolute atomic E-state index is 10.7. The molecule has 2 unspecified atom stereocenters. The Kier molecular flexibility index (Phi) is 4.39. The molecule has 0 aliphatic carbocycles. The van der Waals surface area contributed by atoms with E-state index in [0.717, 1.165) is 0 Å². The van der Waals surface area contributed by atoms with Crippen molar-refractivity contribution in [2.75, 3.05) is 0 Å². The van der Waals surface area contributed by atoms with Gasteiger partial charge in [-0.3, -0.25) is 17.2 Å². The van der Waals surface area contributed by atoms with Crippen molar-refractivity contribution in [2.45, 2.75) is 17.7 Å². The summed E-state index contributed by atoms with van der Waals surface area (Å²) in [5.74, 6) is -1.96. The molecule has 2 atom stereocenters. The van der Waals surface area contributed by atoms with Crippen molar-refractivity contribution in [3.63, 3.8) is 0 Å². The zero-order chi connectivity index (χ0) is 9.57. The molecule has 0 amide bonds. The molecule has 13 heavy (non-hydrogen) atoms. The molecule has 0 aromatic rings. The summed E-state index contributed by atoms with van der Waals surface area (Å²) < 4.78 is 19.7. The average Bonchev–Trinajstić information content (AvgIpc) is 1.82. The third-order valence-electron chi connectivity index (χ3n) is 1.57. The molecule has 1 fully saturated rings. The zero-order valence-electron chi connectivity index (χ0n) is 7.14. The van der Waals surface area contributed by atoms with Crippen LogP contribution in [0.15, 0.2) is 0 Å². The van der Waals surface area contributed by atoms with E-state index in [1.54, 1.807) is 0 Å². The zero-order valence-corrected chi connectivity index (χ0v) is 10.0. The predicted molar refractivity (Wildman–Crippen MR) is 45.7 cm³/mol. The summed E-state index contributed by atoms with van der Waals surface area (Å²) in [5.41, 5.74) is 24.9. The number of nitrogens with two attached hydrogens (primary N) is 5. The molecule has 0 aromatic carbocycles. The molecule has 71 valence electrons. The fourth-order valence-electron chi connectivity index (χ4n) is 0.626. The summed E-state index contributed by atoms with van der Waals surface area (Å²) in [6, 6.07) is 0. The van der Waals surface area contributed by atoms with E-state index in [1.165, 1.54) is 0 Å². The quantitative estimate of drug-likeness (QED) is 0.161. The van der Waals surface area contributed by atoms with Gasteiger partial charge in [-0.1, -0.05) is 9.05 Å². The van der Waals surface area contributed by atoms with Gasteiger partial charge in [0.1, 0.15) is 0 Å². The van der Waals surface area contributed by atoms with Crippen molar-refractivity contribution in [2.24, 2.45) is 28.7 Å². The molecule has 8 nitrogen and oxygen atoms in total. The van der Waals surface area contributed by atoms with Crippen LogP contribution in [-0.4, -0.2) is 47.3 Å². The van der Waals surface area contributed by atoms with Gasteiger partial charge in [0.25, 0.3) is 5.85 Å². The van der Waals surface area contributed by atoms with Crippen molar-refractivity contribution >= 4 is 37.8 Å². The van der Waals surface area contributed by atoms with Gasteiger partial charge in [0, 0.05) is 34.1 Å². The van der Waals surface area contributed by atoms with Crippen LogP contribution in [-0.2, 0) is 13.6 Å².